The lowest BCUT2D eigenvalue weighted by Crippen LogP contribution is -2.21. The highest BCUT2D eigenvalue weighted by Gasteiger charge is 2.15. The third-order valence-corrected chi connectivity index (χ3v) is 3.20. The van der Waals surface area contributed by atoms with Gasteiger partial charge in [0.2, 0.25) is 0 Å². The molecule has 0 N–H and O–H groups in total. The van der Waals surface area contributed by atoms with Crippen molar-refractivity contribution >= 4 is 16.8 Å². The number of fused-ring (bicyclic) bond motifs is 1. The van der Waals surface area contributed by atoms with Crippen LogP contribution in [-0.2, 0) is 5.41 Å². The minimum absolute atomic E-state index is 0.0180. The summed E-state index contributed by atoms with van der Waals surface area (Å²) in [5.74, 6) is -0.0180. The van der Waals surface area contributed by atoms with Crippen LogP contribution >= 0.6 is 0 Å². The maximum Gasteiger partial charge on any atom is 0.254 e. The van der Waals surface area contributed by atoms with Gasteiger partial charge in [-0.1, -0.05) is 26.8 Å². The molecule has 2 aromatic rings. The number of aromatic nitrogens is 1. The Labute approximate surface area is 114 Å². The van der Waals surface area contributed by atoms with Gasteiger partial charge in [-0.05, 0) is 29.2 Å². The first-order chi connectivity index (χ1) is 8.79. The number of nitrogens with zero attached hydrogens (tertiary/aromatic N) is 2. The molecule has 1 heterocycles. The number of hydrogen-bond acceptors (Lipinski definition) is 2. The van der Waals surface area contributed by atoms with Crippen LogP contribution in [0.5, 0.6) is 0 Å². The second kappa shape index (κ2) is 4.65. The van der Waals surface area contributed by atoms with Crippen molar-refractivity contribution < 1.29 is 4.79 Å². The van der Waals surface area contributed by atoms with Gasteiger partial charge < -0.3 is 4.90 Å². The first-order valence-corrected chi connectivity index (χ1v) is 6.41. The summed E-state index contributed by atoms with van der Waals surface area (Å²) < 4.78 is 0. The molecule has 3 heteroatoms. The number of rotatable bonds is 1. The van der Waals surface area contributed by atoms with Crippen LogP contribution in [0, 0.1) is 0 Å². The van der Waals surface area contributed by atoms with Crippen LogP contribution in [0.4, 0.5) is 0 Å². The Balaban J connectivity index is 2.55. The topological polar surface area (TPSA) is 33.2 Å². The van der Waals surface area contributed by atoms with E-state index in [1.54, 1.807) is 25.2 Å². The fourth-order valence-electron chi connectivity index (χ4n) is 1.97. The highest BCUT2D eigenvalue weighted by molar-refractivity contribution is 5.97. The van der Waals surface area contributed by atoms with Gasteiger partial charge in [0.25, 0.3) is 5.91 Å². The van der Waals surface area contributed by atoms with Crippen molar-refractivity contribution in [3.05, 3.63) is 41.6 Å². The van der Waals surface area contributed by atoms with Crippen LogP contribution in [0.25, 0.3) is 10.9 Å². The zero-order valence-electron chi connectivity index (χ0n) is 12.2. The summed E-state index contributed by atoms with van der Waals surface area (Å²) in [5, 5.41) is 1.01. The second-order valence-corrected chi connectivity index (χ2v) is 6.08. The lowest BCUT2D eigenvalue weighted by atomic mass is 9.86. The molecule has 0 saturated heterocycles. The Hall–Kier alpha value is -1.90. The summed E-state index contributed by atoms with van der Waals surface area (Å²) in [6.07, 6.45) is 1.64. The summed E-state index contributed by atoms with van der Waals surface area (Å²) in [6, 6.07) is 8.15. The third-order valence-electron chi connectivity index (χ3n) is 3.20. The molecule has 1 aromatic carbocycles. The van der Waals surface area contributed by atoms with Gasteiger partial charge in [-0.25, -0.2) is 0 Å². The Bertz CT molecular complexity index is 624. The van der Waals surface area contributed by atoms with E-state index < -0.39 is 0 Å². The maximum atomic E-state index is 12.0. The van der Waals surface area contributed by atoms with E-state index in [4.69, 9.17) is 0 Å². The summed E-state index contributed by atoms with van der Waals surface area (Å²) in [4.78, 5) is 17.9. The van der Waals surface area contributed by atoms with Crippen molar-refractivity contribution in [1.82, 2.24) is 9.88 Å². The number of benzene rings is 1. The SMILES string of the molecule is CN(C)C(=O)c1cnc2ccc(C(C)(C)C)cc2c1. The molecule has 0 spiro atoms. The lowest BCUT2D eigenvalue weighted by Gasteiger charge is -2.19. The molecule has 3 nitrogen and oxygen atoms in total. The molecule has 0 fully saturated rings. The maximum absolute atomic E-state index is 12.0. The predicted molar refractivity (Wildman–Crippen MR) is 78.5 cm³/mol. The number of carbonyl (C=O) groups is 1. The summed E-state index contributed by atoms with van der Waals surface area (Å²) in [6.45, 7) is 6.53. The second-order valence-electron chi connectivity index (χ2n) is 6.08. The largest absolute Gasteiger partial charge is 0.345 e. The van der Waals surface area contributed by atoms with Gasteiger partial charge >= 0.3 is 0 Å². The van der Waals surface area contributed by atoms with E-state index in [9.17, 15) is 4.79 Å². The van der Waals surface area contributed by atoms with Crippen molar-refractivity contribution in [1.29, 1.82) is 0 Å². The molecular formula is C16H20N2O. The molecule has 0 aliphatic heterocycles. The zero-order chi connectivity index (χ0) is 14.2. The van der Waals surface area contributed by atoms with Crippen LogP contribution in [0.3, 0.4) is 0 Å². The fraction of sp³-hybridized carbons (Fsp3) is 0.375. The highest BCUT2D eigenvalue weighted by atomic mass is 16.2. The van der Waals surface area contributed by atoms with Gasteiger partial charge in [-0.15, -0.1) is 0 Å². The van der Waals surface area contributed by atoms with Gasteiger partial charge in [0.05, 0.1) is 11.1 Å². The molecular weight excluding hydrogens is 236 g/mol. The molecule has 0 saturated carbocycles. The third kappa shape index (κ3) is 2.75. The number of carbonyl (C=O) groups excluding carboxylic acids is 1. The number of hydrogen-bond donors (Lipinski definition) is 0. The van der Waals surface area contributed by atoms with E-state index in [-0.39, 0.29) is 11.3 Å². The molecule has 0 radical (unpaired) electrons. The smallest absolute Gasteiger partial charge is 0.254 e. The fourth-order valence-corrected chi connectivity index (χ4v) is 1.97. The first-order valence-electron chi connectivity index (χ1n) is 6.41. The van der Waals surface area contributed by atoms with Crippen molar-refractivity contribution in [2.75, 3.05) is 14.1 Å². The Morgan fingerprint density at radius 3 is 2.42 bits per heavy atom. The van der Waals surface area contributed by atoms with E-state index in [0.717, 1.165) is 10.9 Å². The normalized spacial score (nSPS) is 11.6. The molecule has 0 aliphatic carbocycles. The van der Waals surface area contributed by atoms with E-state index in [2.05, 4.69) is 37.9 Å². The van der Waals surface area contributed by atoms with Crippen LogP contribution < -0.4 is 0 Å². The molecule has 0 unspecified atom stereocenters. The summed E-state index contributed by atoms with van der Waals surface area (Å²) in [5.41, 5.74) is 2.89. The summed E-state index contributed by atoms with van der Waals surface area (Å²) in [7, 11) is 3.50. The molecule has 2 rings (SSSR count). The van der Waals surface area contributed by atoms with Crippen molar-refractivity contribution in [2.45, 2.75) is 26.2 Å². The monoisotopic (exact) mass is 256 g/mol. The standard InChI is InChI=1S/C16H20N2O/c1-16(2,3)13-6-7-14-11(9-13)8-12(10-17-14)15(19)18(4)5/h6-10H,1-5H3. The van der Waals surface area contributed by atoms with Crippen LogP contribution in [0.15, 0.2) is 30.5 Å². The van der Waals surface area contributed by atoms with Gasteiger partial charge in [0.15, 0.2) is 0 Å². The molecule has 19 heavy (non-hydrogen) atoms. The van der Waals surface area contributed by atoms with Crippen LogP contribution in [-0.4, -0.2) is 29.9 Å². The van der Waals surface area contributed by atoms with Gasteiger partial charge in [-0.3, -0.25) is 9.78 Å². The minimum atomic E-state index is -0.0180. The molecule has 0 bridgehead atoms. The van der Waals surface area contributed by atoms with E-state index in [0.29, 0.717) is 5.56 Å². The van der Waals surface area contributed by atoms with E-state index in [1.807, 2.05) is 12.1 Å². The van der Waals surface area contributed by atoms with Gasteiger partial charge in [-0.2, -0.15) is 0 Å². The lowest BCUT2D eigenvalue weighted by molar-refractivity contribution is 0.0827. The van der Waals surface area contributed by atoms with Gasteiger partial charge in [0.1, 0.15) is 0 Å². The van der Waals surface area contributed by atoms with Gasteiger partial charge in [0, 0.05) is 25.7 Å². The minimum Gasteiger partial charge on any atom is -0.345 e. The Morgan fingerprint density at radius 2 is 1.84 bits per heavy atom. The number of amides is 1. The average Bonchev–Trinajstić information content (AvgIpc) is 2.35. The first kappa shape index (κ1) is 13.5. The van der Waals surface area contributed by atoms with E-state index in [1.165, 1.54) is 5.56 Å². The van der Waals surface area contributed by atoms with Crippen LogP contribution in [0.2, 0.25) is 0 Å². The molecule has 0 atom stereocenters. The average molecular weight is 256 g/mol. The molecule has 100 valence electrons. The van der Waals surface area contributed by atoms with Crippen molar-refractivity contribution in [3.8, 4) is 0 Å². The summed E-state index contributed by atoms with van der Waals surface area (Å²) >= 11 is 0. The Morgan fingerprint density at radius 1 is 1.16 bits per heavy atom. The van der Waals surface area contributed by atoms with Crippen LogP contribution in [0.1, 0.15) is 36.7 Å². The number of pyridine rings is 1. The molecule has 1 aromatic heterocycles. The van der Waals surface area contributed by atoms with Crippen molar-refractivity contribution in [2.24, 2.45) is 0 Å². The predicted octanol–water partition coefficient (Wildman–Crippen LogP) is 3.23. The molecule has 0 aliphatic rings. The van der Waals surface area contributed by atoms with Crippen molar-refractivity contribution in [3.63, 3.8) is 0 Å². The molecule has 1 amide bonds. The highest BCUT2D eigenvalue weighted by Crippen LogP contribution is 2.25. The van der Waals surface area contributed by atoms with E-state index >= 15 is 0 Å². The Kier molecular flexibility index (Phi) is 3.31. The quantitative estimate of drug-likeness (QED) is 0.784. The zero-order valence-corrected chi connectivity index (χ0v) is 12.2.